The molecule has 0 spiro atoms. The first kappa shape index (κ1) is 18.4. The maximum absolute atomic E-state index is 13.4. The predicted molar refractivity (Wildman–Crippen MR) is 99.3 cm³/mol. The lowest BCUT2D eigenvalue weighted by Crippen LogP contribution is -2.50. The Labute approximate surface area is 150 Å². The van der Waals surface area contributed by atoms with Gasteiger partial charge in [-0.05, 0) is 36.2 Å². The van der Waals surface area contributed by atoms with Gasteiger partial charge < -0.3 is 10.6 Å². The second-order valence-corrected chi connectivity index (χ2v) is 9.50. The minimum Gasteiger partial charge on any atom is -0.370 e. The summed E-state index contributed by atoms with van der Waals surface area (Å²) in [7, 11) is 0. The molecule has 2 N–H and O–H groups in total. The van der Waals surface area contributed by atoms with Crippen LogP contribution in [0, 0.1) is 5.92 Å². The maximum Gasteiger partial charge on any atom is 0.416 e. The molecule has 1 aliphatic heterocycles. The van der Waals surface area contributed by atoms with Crippen LogP contribution in [0.4, 0.5) is 18.9 Å². The van der Waals surface area contributed by atoms with Crippen molar-refractivity contribution in [2.45, 2.75) is 36.6 Å². The molecule has 1 saturated heterocycles. The van der Waals surface area contributed by atoms with E-state index in [1.807, 2.05) is 23.1 Å². The smallest absolute Gasteiger partial charge is 0.370 e. The number of nitrogens with two attached hydrogens (primary N) is 1. The van der Waals surface area contributed by atoms with Crippen LogP contribution in [-0.2, 0) is 6.18 Å². The van der Waals surface area contributed by atoms with E-state index in [4.69, 9.17) is 5.73 Å². The summed E-state index contributed by atoms with van der Waals surface area (Å²) in [5, 5.41) is 1.50. The number of benzene rings is 2. The number of fused-ring (bicyclic) bond motifs is 1. The molecule has 25 heavy (non-hydrogen) atoms. The lowest BCUT2D eigenvalue weighted by molar-refractivity contribution is -0.137. The molecule has 2 nitrogen and oxygen atoms in total. The Morgan fingerprint density at radius 2 is 1.80 bits per heavy atom. The largest absolute Gasteiger partial charge is 0.416 e. The molecule has 0 bridgehead atoms. The molecule has 0 atom stereocenters. The molecule has 0 unspecified atom stereocenters. The summed E-state index contributed by atoms with van der Waals surface area (Å²) < 4.78 is 40.1. The van der Waals surface area contributed by atoms with E-state index in [2.05, 4.69) is 20.8 Å². The average Bonchev–Trinajstić information content (AvgIpc) is 2.42. The van der Waals surface area contributed by atoms with E-state index in [1.165, 1.54) is 12.1 Å². The predicted octanol–water partition coefficient (Wildman–Crippen LogP) is 5.14. The van der Waals surface area contributed by atoms with E-state index in [9.17, 15) is 13.2 Å². The summed E-state index contributed by atoms with van der Waals surface area (Å²) in [6.07, 6.45) is -4.35. The van der Waals surface area contributed by atoms with Crippen LogP contribution in [0.25, 0.3) is 10.8 Å². The Bertz CT molecular complexity index is 775. The molecular weight excluding hydrogens is 345 g/mol. The minimum absolute atomic E-state index is 0.00393. The highest BCUT2D eigenvalue weighted by Gasteiger charge is 2.34. The van der Waals surface area contributed by atoms with E-state index in [1.54, 1.807) is 11.8 Å². The van der Waals surface area contributed by atoms with Crippen molar-refractivity contribution in [3.8, 4) is 0 Å². The zero-order valence-corrected chi connectivity index (χ0v) is 15.5. The van der Waals surface area contributed by atoms with Gasteiger partial charge >= 0.3 is 6.18 Å². The highest BCUT2D eigenvalue weighted by Crippen LogP contribution is 2.41. The van der Waals surface area contributed by atoms with Crippen LogP contribution in [-0.4, -0.2) is 24.4 Å². The van der Waals surface area contributed by atoms with Crippen LogP contribution in [0.3, 0.4) is 0 Å². The van der Waals surface area contributed by atoms with E-state index >= 15 is 0 Å². The number of rotatable bonds is 3. The van der Waals surface area contributed by atoms with Gasteiger partial charge in [0.15, 0.2) is 0 Å². The molecule has 1 aliphatic rings. The first-order chi connectivity index (χ1) is 11.6. The fourth-order valence-corrected chi connectivity index (χ4v) is 4.11. The lowest BCUT2D eigenvalue weighted by atomic mass is 9.96. The maximum atomic E-state index is 13.4. The van der Waals surface area contributed by atoms with Crippen LogP contribution >= 0.6 is 11.8 Å². The number of alkyl halides is 3. The highest BCUT2D eigenvalue weighted by molar-refractivity contribution is 8.00. The lowest BCUT2D eigenvalue weighted by Gasteiger charge is -2.41. The third kappa shape index (κ3) is 4.06. The fourth-order valence-electron chi connectivity index (χ4n) is 3.09. The third-order valence-electron chi connectivity index (χ3n) is 4.28. The van der Waals surface area contributed by atoms with Crippen molar-refractivity contribution in [2.75, 3.05) is 24.5 Å². The third-order valence-corrected chi connectivity index (χ3v) is 5.39. The van der Waals surface area contributed by atoms with Crippen molar-refractivity contribution in [1.82, 2.24) is 0 Å². The first-order valence-corrected chi connectivity index (χ1v) is 9.17. The van der Waals surface area contributed by atoms with Crippen LogP contribution in [0.5, 0.6) is 0 Å². The number of hydrogen-bond donors (Lipinski definition) is 1. The van der Waals surface area contributed by atoms with Gasteiger partial charge in [-0.1, -0.05) is 26.8 Å². The Hall–Kier alpha value is -1.40. The van der Waals surface area contributed by atoms with E-state index < -0.39 is 11.7 Å². The standard InChI is InChI=1S/C19H23F3N2S/c1-18(2,3)25-15-4-5-16-13(7-15)6-14(19(20,21)22)8-17(16)24-10-12(9-23)11-24/h4-8,12H,9-11,23H2,1-3H3. The zero-order valence-electron chi connectivity index (χ0n) is 14.7. The van der Waals surface area contributed by atoms with Crippen molar-refractivity contribution >= 4 is 28.2 Å². The van der Waals surface area contributed by atoms with Gasteiger partial charge in [0.25, 0.3) is 0 Å². The first-order valence-electron chi connectivity index (χ1n) is 8.36. The van der Waals surface area contributed by atoms with Crippen LogP contribution < -0.4 is 10.6 Å². The van der Waals surface area contributed by atoms with E-state index in [-0.39, 0.29) is 4.75 Å². The quantitative estimate of drug-likeness (QED) is 0.760. The molecule has 2 aromatic carbocycles. The number of hydrogen-bond acceptors (Lipinski definition) is 3. The molecule has 3 rings (SSSR count). The topological polar surface area (TPSA) is 29.3 Å². The summed E-state index contributed by atoms with van der Waals surface area (Å²) in [5.41, 5.74) is 5.72. The Kier molecular flexibility index (Phi) is 4.71. The second kappa shape index (κ2) is 6.40. The monoisotopic (exact) mass is 368 g/mol. The summed E-state index contributed by atoms with van der Waals surface area (Å²) in [6.45, 7) is 8.27. The molecular formula is C19H23F3N2S. The van der Waals surface area contributed by atoms with Crippen molar-refractivity contribution in [3.05, 3.63) is 35.9 Å². The molecule has 6 heteroatoms. The molecule has 0 radical (unpaired) electrons. The van der Waals surface area contributed by atoms with Crippen molar-refractivity contribution in [1.29, 1.82) is 0 Å². The van der Waals surface area contributed by atoms with Gasteiger partial charge in [0.2, 0.25) is 0 Å². The Balaban J connectivity index is 2.07. The average molecular weight is 368 g/mol. The molecule has 0 amide bonds. The van der Waals surface area contributed by atoms with Crippen molar-refractivity contribution in [2.24, 2.45) is 11.7 Å². The van der Waals surface area contributed by atoms with E-state index in [0.717, 1.165) is 10.3 Å². The minimum atomic E-state index is -4.35. The zero-order chi connectivity index (χ0) is 18.4. The molecule has 136 valence electrons. The summed E-state index contributed by atoms with van der Waals surface area (Å²) >= 11 is 1.66. The normalized spacial score (nSPS) is 16.4. The number of anilines is 1. The van der Waals surface area contributed by atoms with Crippen LogP contribution in [0.1, 0.15) is 26.3 Å². The SMILES string of the molecule is CC(C)(C)Sc1ccc2c(N3CC(CN)C3)cc(C(F)(F)F)cc2c1. The number of halogens is 3. The summed E-state index contributed by atoms with van der Waals surface area (Å²) in [4.78, 5) is 2.97. The number of nitrogens with zero attached hydrogens (tertiary/aromatic N) is 1. The van der Waals surface area contributed by atoms with E-state index in [0.29, 0.717) is 36.6 Å². The second-order valence-electron chi connectivity index (χ2n) is 7.60. The number of thioether (sulfide) groups is 1. The fraction of sp³-hybridized carbons (Fsp3) is 0.474. The van der Waals surface area contributed by atoms with Gasteiger partial charge in [-0.15, -0.1) is 11.8 Å². The highest BCUT2D eigenvalue weighted by atomic mass is 32.2. The van der Waals surface area contributed by atoms with Gasteiger partial charge in [0, 0.05) is 39.7 Å². The van der Waals surface area contributed by atoms with Gasteiger partial charge in [-0.2, -0.15) is 13.2 Å². The molecule has 2 aromatic rings. The van der Waals surface area contributed by atoms with Gasteiger partial charge in [0.05, 0.1) is 5.56 Å². The Morgan fingerprint density at radius 1 is 1.12 bits per heavy atom. The van der Waals surface area contributed by atoms with Gasteiger partial charge in [0.1, 0.15) is 0 Å². The Morgan fingerprint density at radius 3 is 2.36 bits per heavy atom. The molecule has 1 heterocycles. The van der Waals surface area contributed by atoms with Crippen molar-refractivity contribution < 1.29 is 13.2 Å². The van der Waals surface area contributed by atoms with Gasteiger partial charge in [-0.3, -0.25) is 0 Å². The van der Waals surface area contributed by atoms with Gasteiger partial charge in [-0.25, -0.2) is 0 Å². The molecule has 1 fully saturated rings. The van der Waals surface area contributed by atoms with Crippen LogP contribution in [0.15, 0.2) is 35.2 Å². The molecule has 0 aromatic heterocycles. The molecule has 0 saturated carbocycles. The summed E-state index contributed by atoms with van der Waals surface area (Å²) in [6, 6.07) is 8.32. The summed E-state index contributed by atoms with van der Waals surface area (Å²) in [5.74, 6) is 0.361. The van der Waals surface area contributed by atoms with Crippen LogP contribution in [0.2, 0.25) is 0 Å². The molecule has 0 aliphatic carbocycles. The van der Waals surface area contributed by atoms with Crippen molar-refractivity contribution in [3.63, 3.8) is 0 Å².